The summed E-state index contributed by atoms with van der Waals surface area (Å²) in [5.74, 6) is 1.05. The third kappa shape index (κ3) is 3.04. The summed E-state index contributed by atoms with van der Waals surface area (Å²) < 4.78 is 6.75. The SMILES string of the molecule is c1ccc(C[NH+]2CCC3(CC2)Oc2ccccc2[C@@H]2CC(c4cccs4)=NN23)cc1. The molecule has 0 radical (unpaired) electrons. The molecule has 4 heterocycles. The first-order chi connectivity index (χ1) is 14.8. The fraction of sp³-hybridized carbons (Fsp3) is 0.320. The lowest BCUT2D eigenvalue weighted by Gasteiger charge is -2.50. The number of hydrogen-bond acceptors (Lipinski definition) is 4. The molecule has 0 amide bonds. The summed E-state index contributed by atoms with van der Waals surface area (Å²) in [6.07, 6.45) is 2.96. The molecular weight excluding hydrogens is 390 g/mol. The van der Waals surface area contributed by atoms with Crippen LogP contribution in [0.25, 0.3) is 0 Å². The van der Waals surface area contributed by atoms with Gasteiger partial charge in [0, 0.05) is 17.5 Å². The van der Waals surface area contributed by atoms with Crippen molar-refractivity contribution in [1.82, 2.24) is 5.01 Å². The first kappa shape index (κ1) is 18.2. The third-order valence-electron chi connectivity index (χ3n) is 6.75. The van der Waals surface area contributed by atoms with Crippen LogP contribution in [0.15, 0.2) is 77.2 Å². The average molecular weight is 417 g/mol. The largest absolute Gasteiger partial charge is 0.466 e. The fourth-order valence-corrected chi connectivity index (χ4v) is 5.93. The minimum Gasteiger partial charge on any atom is -0.466 e. The Morgan fingerprint density at radius 2 is 1.80 bits per heavy atom. The Hall–Kier alpha value is -2.63. The first-order valence-electron chi connectivity index (χ1n) is 10.9. The summed E-state index contributed by atoms with van der Waals surface area (Å²) >= 11 is 1.78. The van der Waals surface area contributed by atoms with E-state index in [0.717, 1.165) is 44.6 Å². The molecule has 1 atom stereocenters. The number of para-hydroxylation sites is 1. The standard InChI is InChI=1S/C25H25N3OS/c1-2-7-19(8-3-1)18-27-14-12-25(13-15-27)28-22(20-9-4-5-10-23(20)29-25)17-21(26-28)24-11-6-16-30-24/h1-11,16,22H,12-15,17-18H2/p+1/t22-/m0/s1. The van der Waals surface area contributed by atoms with Crippen LogP contribution in [-0.4, -0.2) is 29.5 Å². The van der Waals surface area contributed by atoms with E-state index in [2.05, 4.69) is 77.1 Å². The number of benzene rings is 2. The van der Waals surface area contributed by atoms with Gasteiger partial charge in [-0.15, -0.1) is 11.3 Å². The Bertz CT molecular complexity index is 1060. The third-order valence-corrected chi connectivity index (χ3v) is 7.67. The van der Waals surface area contributed by atoms with E-state index in [1.807, 2.05) is 0 Å². The molecule has 3 aliphatic rings. The zero-order chi connectivity index (χ0) is 20.0. The molecule has 3 aliphatic heterocycles. The number of quaternary nitrogens is 1. The summed E-state index contributed by atoms with van der Waals surface area (Å²) in [6, 6.07) is 24.0. The van der Waals surface area contributed by atoms with E-state index in [-0.39, 0.29) is 11.8 Å². The van der Waals surface area contributed by atoms with Gasteiger partial charge in [0.05, 0.1) is 42.6 Å². The molecule has 0 aliphatic carbocycles. The van der Waals surface area contributed by atoms with Crippen LogP contribution >= 0.6 is 11.3 Å². The van der Waals surface area contributed by atoms with Crippen molar-refractivity contribution in [3.63, 3.8) is 0 Å². The molecule has 1 fully saturated rings. The maximum atomic E-state index is 6.75. The minimum absolute atomic E-state index is 0.280. The van der Waals surface area contributed by atoms with E-state index in [1.165, 1.54) is 21.7 Å². The molecule has 6 rings (SSSR count). The second-order valence-corrected chi connectivity index (χ2v) is 9.53. The molecule has 0 bridgehead atoms. The van der Waals surface area contributed by atoms with Gasteiger partial charge in [0.25, 0.3) is 0 Å². The highest BCUT2D eigenvalue weighted by Gasteiger charge is 2.52. The lowest BCUT2D eigenvalue weighted by molar-refractivity contribution is -0.921. The lowest BCUT2D eigenvalue weighted by Crippen LogP contribution is -3.12. The van der Waals surface area contributed by atoms with Gasteiger partial charge in [0.1, 0.15) is 12.3 Å². The summed E-state index contributed by atoms with van der Waals surface area (Å²) in [5.41, 5.74) is 3.57. The van der Waals surface area contributed by atoms with Crippen LogP contribution < -0.4 is 9.64 Å². The van der Waals surface area contributed by atoms with Gasteiger partial charge >= 0.3 is 0 Å². The van der Waals surface area contributed by atoms with Gasteiger partial charge < -0.3 is 9.64 Å². The predicted octanol–water partition coefficient (Wildman–Crippen LogP) is 3.87. The maximum absolute atomic E-state index is 6.75. The smallest absolute Gasteiger partial charge is 0.208 e. The van der Waals surface area contributed by atoms with Crippen molar-refractivity contribution in [3.05, 3.63) is 88.1 Å². The molecule has 0 unspecified atom stereocenters. The minimum atomic E-state index is -0.321. The van der Waals surface area contributed by atoms with Crippen molar-refractivity contribution in [1.29, 1.82) is 0 Å². The number of nitrogens with zero attached hydrogens (tertiary/aromatic N) is 2. The van der Waals surface area contributed by atoms with Crippen LogP contribution in [0.2, 0.25) is 0 Å². The summed E-state index contributed by atoms with van der Waals surface area (Å²) in [6.45, 7) is 3.29. The molecule has 152 valence electrons. The Balaban J connectivity index is 1.29. The number of ether oxygens (including phenoxy) is 1. The Kier molecular flexibility index (Phi) is 4.39. The normalized spacial score (nSPS) is 27.3. The number of piperidine rings is 1. The molecule has 1 aromatic heterocycles. The number of fused-ring (bicyclic) bond motifs is 4. The summed E-state index contributed by atoms with van der Waals surface area (Å²) in [4.78, 5) is 2.91. The zero-order valence-corrected chi connectivity index (χ0v) is 17.8. The number of thiophene rings is 1. The first-order valence-corrected chi connectivity index (χ1v) is 11.7. The fourth-order valence-electron chi connectivity index (χ4n) is 5.21. The van der Waals surface area contributed by atoms with Crippen molar-refractivity contribution in [2.24, 2.45) is 5.10 Å². The molecule has 2 aromatic carbocycles. The molecule has 1 N–H and O–H groups in total. The second-order valence-electron chi connectivity index (χ2n) is 8.59. The monoisotopic (exact) mass is 416 g/mol. The quantitative estimate of drug-likeness (QED) is 0.702. The number of hydrazone groups is 1. The molecule has 4 nitrogen and oxygen atoms in total. The number of hydrogen-bond donors (Lipinski definition) is 1. The van der Waals surface area contributed by atoms with Crippen molar-refractivity contribution in [3.8, 4) is 5.75 Å². The highest BCUT2D eigenvalue weighted by atomic mass is 32.1. The van der Waals surface area contributed by atoms with Crippen LogP contribution in [0.4, 0.5) is 0 Å². The molecule has 0 saturated carbocycles. The van der Waals surface area contributed by atoms with Crippen molar-refractivity contribution < 1.29 is 9.64 Å². The van der Waals surface area contributed by atoms with Crippen LogP contribution in [-0.2, 0) is 6.54 Å². The number of rotatable bonds is 3. The molecular formula is C25H26N3OS+. The highest BCUT2D eigenvalue weighted by Crippen LogP contribution is 2.49. The van der Waals surface area contributed by atoms with E-state index < -0.39 is 0 Å². The van der Waals surface area contributed by atoms with Gasteiger partial charge in [-0.1, -0.05) is 54.6 Å². The summed E-state index contributed by atoms with van der Waals surface area (Å²) in [5, 5.41) is 9.63. The van der Waals surface area contributed by atoms with Gasteiger partial charge in [0.15, 0.2) is 0 Å². The van der Waals surface area contributed by atoms with Crippen molar-refractivity contribution >= 4 is 17.0 Å². The van der Waals surface area contributed by atoms with E-state index in [0.29, 0.717) is 0 Å². The van der Waals surface area contributed by atoms with Crippen LogP contribution in [0.1, 0.15) is 41.3 Å². The van der Waals surface area contributed by atoms with Gasteiger partial charge in [-0.2, -0.15) is 5.10 Å². The Labute approximate surface area is 181 Å². The van der Waals surface area contributed by atoms with Gasteiger partial charge in [0.2, 0.25) is 5.72 Å². The van der Waals surface area contributed by atoms with E-state index in [4.69, 9.17) is 9.84 Å². The Morgan fingerprint density at radius 1 is 1.00 bits per heavy atom. The van der Waals surface area contributed by atoms with Gasteiger partial charge in [-0.05, 0) is 17.5 Å². The number of likely N-dealkylation sites (tertiary alicyclic amines) is 1. The average Bonchev–Trinajstić information content (AvgIpc) is 3.47. The maximum Gasteiger partial charge on any atom is 0.208 e. The predicted molar refractivity (Wildman–Crippen MR) is 120 cm³/mol. The molecule has 1 saturated heterocycles. The van der Waals surface area contributed by atoms with Crippen LogP contribution in [0.3, 0.4) is 0 Å². The van der Waals surface area contributed by atoms with E-state index in [1.54, 1.807) is 16.2 Å². The topological polar surface area (TPSA) is 29.3 Å². The zero-order valence-electron chi connectivity index (χ0n) is 17.0. The van der Waals surface area contributed by atoms with E-state index in [9.17, 15) is 0 Å². The lowest BCUT2D eigenvalue weighted by atomic mass is 9.91. The molecule has 1 spiro atoms. The van der Waals surface area contributed by atoms with Gasteiger partial charge in [-0.25, -0.2) is 5.01 Å². The van der Waals surface area contributed by atoms with Crippen LogP contribution in [0.5, 0.6) is 5.75 Å². The molecule has 30 heavy (non-hydrogen) atoms. The second kappa shape index (κ2) is 7.25. The van der Waals surface area contributed by atoms with Crippen molar-refractivity contribution in [2.75, 3.05) is 13.1 Å². The highest BCUT2D eigenvalue weighted by molar-refractivity contribution is 7.12. The Morgan fingerprint density at radius 3 is 2.60 bits per heavy atom. The van der Waals surface area contributed by atoms with Crippen molar-refractivity contribution in [2.45, 2.75) is 37.6 Å². The molecule has 5 heteroatoms. The van der Waals surface area contributed by atoms with Gasteiger partial charge in [-0.3, -0.25) is 0 Å². The van der Waals surface area contributed by atoms with Crippen LogP contribution in [0, 0.1) is 0 Å². The molecule has 3 aromatic rings. The van der Waals surface area contributed by atoms with E-state index >= 15 is 0 Å². The summed E-state index contributed by atoms with van der Waals surface area (Å²) in [7, 11) is 0. The number of nitrogens with one attached hydrogen (secondary N) is 1.